The van der Waals surface area contributed by atoms with E-state index in [1.807, 2.05) is 0 Å². The maximum atomic E-state index is 13.0. The van der Waals surface area contributed by atoms with Gasteiger partial charge in [-0.3, -0.25) is 9.59 Å². The molecule has 0 aromatic heterocycles. The topological polar surface area (TPSA) is 49.4 Å². The molecule has 0 bridgehead atoms. The minimum Gasteiger partial charge on any atom is -0.351 e. The van der Waals surface area contributed by atoms with E-state index in [4.69, 9.17) is 0 Å². The van der Waals surface area contributed by atoms with E-state index in [1.165, 1.54) is 12.1 Å². The number of hydrogen-bond donors (Lipinski definition) is 1. The van der Waals surface area contributed by atoms with E-state index in [1.54, 1.807) is 28.8 Å². The van der Waals surface area contributed by atoms with Crippen LogP contribution >= 0.6 is 11.8 Å². The van der Waals surface area contributed by atoms with Crippen LogP contribution in [0.4, 0.5) is 4.39 Å². The smallest absolute Gasteiger partial charge is 0.243 e. The average Bonchev–Trinajstić information content (AvgIpc) is 3.09. The van der Waals surface area contributed by atoms with Gasteiger partial charge in [-0.25, -0.2) is 4.39 Å². The third kappa shape index (κ3) is 3.04. The summed E-state index contributed by atoms with van der Waals surface area (Å²) in [6, 6.07) is 6.25. The van der Waals surface area contributed by atoms with Crippen LogP contribution in [0.15, 0.2) is 24.3 Å². The van der Waals surface area contributed by atoms with Crippen molar-refractivity contribution in [3.8, 4) is 0 Å². The van der Waals surface area contributed by atoms with Crippen molar-refractivity contribution in [1.82, 2.24) is 10.2 Å². The van der Waals surface area contributed by atoms with Crippen LogP contribution in [0.5, 0.6) is 0 Å². The number of nitrogens with zero attached hydrogens (tertiary/aromatic N) is 1. The fourth-order valence-corrected chi connectivity index (χ4v) is 4.64. The number of benzene rings is 1. The third-order valence-electron chi connectivity index (χ3n) is 5.34. The minimum atomic E-state index is -0.336. The molecule has 1 aliphatic heterocycles. The van der Waals surface area contributed by atoms with Gasteiger partial charge >= 0.3 is 0 Å². The molecule has 1 aromatic rings. The Kier molecular flexibility index (Phi) is 4.24. The predicted octanol–water partition coefficient (Wildman–Crippen LogP) is 2.50. The normalized spacial score (nSPS) is 29.2. The number of thioether (sulfide) groups is 1. The van der Waals surface area contributed by atoms with Gasteiger partial charge in [-0.05, 0) is 37.0 Å². The van der Waals surface area contributed by atoms with Crippen LogP contribution in [0.2, 0.25) is 0 Å². The molecule has 24 heavy (non-hydrogen) atoms. The van der Waals surface area contributed by atoms with Gasteiger partial charge in [0.1, 0.15) is 11.9 Å². The summed E-state index contributed by atoms with van der Waals surface area (Å²) in [5.74, 6) is 1.57. The summed E-state index contributed by atoms with van der Waals surface area (Å²) >= 11 is 1.65. The summed E-state index contributed by atoms with van der Waals surface area (Å²) in [5, 5.41) is 3.08. The molecule has 0 radical (unpaired) electrons. The molecule has 3 fully saturated rings. The zero-order chi connectivity index (χ0) is 16.7. The summed E-state index contributed by atoms with van der Waals surface area (Å²) in [7, 11) is 0. The standard InChI is InChI=1S/C18H21FN2O2S/c19-13-6-4-11(5-7-13)14-8-15(14)20-17(22)16-9-24-10-21(16)18(23)12-2-1-3-12/h4-7,12,14-16H,1-3,8-10H2,(H,20,22)/t14-,15+,16+/m0/s1. The first-order chi connectivity index (χ1) is 11.6. The predicted molar refractivity (Wildman–Crippen MR) is 91.0 cm³/mol. The molecule has 3 aliphatic rings. The van der Waals surface area contributed by atoms with Crippen molar-refractivity contribution in [2.75, 3.05) is 11.6 Å². The van der Waals surface area contributed by atoms with Crippen LogP contribution in [0, 0.1) is 11.7 Å². The molecular formula is C18H21FN2O2S. The lowest BCUT2D eigenvalue weighted by molar-refractivity contribution is -0.143. The Morgan fingerprint density at radius 2 is 1.96 bits per heavy atom. The molecule has 4 nitrogen and oxygen atoms in total. The molecule has 2 saturated carbocycles. The molecule has 2 aliphatic carbocycles. The fourth-order valence-electron chi connectivity index (χ4n) is 3.48. The van der Waals surface area contributed by atoms with E-state index in [2.05, 4.69) is 5.32 Å². The fraction of sp³-hybridized carbons (Fsp3) is 0.556. The Morgan fingerprint density at radius 3 is 2.62 bits per heavy atom. The Hall–Kier alpha value is -1.56. The average molecular weight is 348 g/mol. The van der Waals surface area contributed by atoms with Gasteiger partial charge in [0.05, 0.1) is 5.88 Å². The van der Waals surface area contributed by atoms with Gasteiger partial charge in [0.25, 0.3) is 0 Å². The second-order valence-electron chi connectivity index (χ2n) is 6.96. The summed E-state index contributed by atoms with van der Waals surface area (Å²) < 4.78 is 13.0. The van der Waals surface area contributed by atoms with E-state index < -0.39 is 0 Å². The summed E-state index contributed by atoms with van der Waals surface area (Å²) in [4.78, 5) is 26.8. The van der Waals surface area contributed by atoms with Crippen LogP contribution in [-0.2, 0) is 9.59 Å². The van der Waals surface area contributed by atoms with Crippen molar-refractivity contribution >= 4 is 23.6 Å². The second-order valence-corrected chi connectivity index (χ2v) is 7.96. The molecule has 4 rings (SSSR count). The molecular weight excluding hydrogens is 327 g/mol. The monoisotopic (exact) mass is 348 g/mol. The highest BCUT2D eigenvalue weighted by Crippen LogP contribution is 2.41. The minimum absolute atomic E-state index is 0.0396. The molecule has 1 aromatic carbocycles. The van der Waals surface area contributed by atoms with Gasteiger partial charge in [-0.1, -0.05) is 18.6 Å². The first kappa shape index (κ1) is 15.9. The van der Waals surface area contributed by atoms with Gasteiger partial charge in [0.2, 0.25) is 11.8 Å². The molecule has 6 heteroatoms. The van der Waals surface area contributed by atoms with Crippen LogP contribution in [0.3, 0.4) is 0 Å². The van der Waals surface area contributed by atoms with Crippen molar-refractivity contribution in [1.29, 1.82) is 0 Å². The quantitative estimate of drug-likeness (QED) is 0.910. The van der Waals surface area contributed by atoms with Crippen molar-refractivity contribution in [2.45, 2.75) is 43.7 Å². The largest absolute Gasteiger partial charge is 0.351 e. The van der Waals surface area contributed by atoms with Crippen LogP contribution in [0.1, 0.15) is 37.2 Å². The Balaban J connectivity index is 1.34. The summed E-state index contributed by atoms with van der Waals surface area (Å²) in [6.45, 7) is 0. The number of halogens is 1. The van der Waals surface area contributed by atoms with Gasteiger partial charge in [0, 0.05) is 23.6 Å². The van der Waals surface area contributed by atoms with Crippen LogP contribution < -0.4 is 5.32 Å². The van der Waals surface area contributed by atoms with Crippen molar-refractivity contribution in [3.05, 3.63) is 35.6 Å². The zero-order valence-corrected chi connectivity index (χ0v) is 14.2. The van der Waals surface area contributed by atoms with E-state index in [9.17, 15) is 14.0 Å². The lowest BCUT2D eigenvalue weighted by atomic mass is 9.84. The molecule has 128 valence electrons. The molecule has 1 N–H and O–H groups in total. The van der Waals surface area contributed by atoms with Gasteiger partial charge in [-0.15, -0.1) is 11.8 Å². The van der Waals surface area contributed by atoms with Crippen molar-refractivity contribution < 1.29 is 14.0 Å². The van der Waals surface area contributed by atoms with E-state index in [-0.39, 0.29) is 41.6 Å². The van der Waals surface area contributed by atoms with E-state index in [0.717, 1.165) is 31.2 Å². The summed E-state index contributed by atoms with van der Waals surface area (Å²) in [6.07, 6.45) is 3.93. The Morgan fingerprint density at radius 1 is 1.21 bits per heavy atom. The molecule has 0 spiro atoms. The maximum Gasteiger partial charge on any atom is 0.243 e. The molecule has 3 atom stereocenters. The Bertz CT molecular complexity index is 647. The first-order valence-corrected chi connectivity index (χ1v) is 9.73. The van der Waals surface area contributed by atoms with Crippen LogP contribution in [0.25, 0.3) is 0 Å². The third-order valence-corrected chi connectivity index (χ3v) is 6.35. The number of carbonyl (C=O) groups excluding carboxylic acids is 2. The summed E-state index contributed by atoms with van der Waals surface area (Å²) in [5.41, 5.74) is 1.06. The van der Waals surface area contributed by atoms with Gasteiger partial charge in [-0.2, -0.15) is 0 Å². The highest BCUT2D eigenvalue weighted by molar-refractivity contribution is 7.99. The number of hydrogen-bond acceptors (Lipinski definition) is 3. The highest BCUT2D eigenvalue weighted by atomic mass is 32.2. The first-order valence-electron chi connectivity index (χ1n) is 8.57. The lowest BCUT2D eigenvalue weighted by Gasteiger charge is -2.31. The van der Waals surface area contributed by atoms with E-state index >= 15 is 0 Å². The number of nitrogens with one attached hydrogen (secondary N) is 1. The van der Waals surface area contributed by atoms with Gasteiger partial charge < -0.3 is 10.2 Å². The van der Waals surface area contributed by atoms with Gasteiger partial charge in [0.15, 0.2) is 0 Å². The molecule has 2 amide bonds. The number of carbonyl (C=O) groups is 2. The molecule has 0 unspecified atom stereocenters. The lowest BCUT2D eigenvalue weighted by Crippen LogP contribution is -2.50. The second kappa shape index (κ2) is 6.39. The van der Waals surface area contributed by atoms with Crippen molar-refractivity contribution in [3.63, 3.8) is 0 Å². The maximum absolute atomic E-state index is 13.0. The molecule has 1 heterocycles. The highest BCUT2D eigenvalue weighted by Gasteiger charge is 2.44. The molecule has 1 saturated heterocycles. The SMILES string of the molecule is O=C(N[C@@H]1C[C@H]1c1ccc(F)cc1)[C@H]1CSCN1C(=O)C1CCC1. The Labute approximate surface area is 145 Å². The van der Waals surface area contributed by atoms with Crippen LogP contribution in [-0.4, -0.2) is 40.4 Å². The zero-order valence-electron chi connectivity index (χ0n) is 13.4. The number of amides is 2. The van der Waals surface area contributed by atoms with Crippen molar-refractivity contribution in [2.24, 2.45) is 5.92 Å². The number of rotatable bonds is 4. The van der Waals surface area contributed by atoms with E-state index in [0.29, 0.717) is 11.6 Å².